The van der Waals surface area contributed by atoms with Gasteiger partial charge in [0.1, 0.15) is 6.34 Å². The first-order chi connectivity index (χ1) is 15.7. The summed E-state index contributed by atoms with van der Waals surface area (Å²) in [5, 5.41) is 2.14. The minimum atomic E-state index is -0.409. The lowest BCUT2D eigenvalue weighted by Crippen LogP contribution is -2.39. The third kappa shape index (κ3) is 5.29. The molecule has 0 saturated heterocycles. The van der Waals surface area contributed by atoms with E-state index in [0.29, 0.717) is 17.1 Å². The van der Waals surface area contributed by atoms with Crippen molar-refractivity contribution in [2.24, 2.45) is 4.99 Å². The Balaban J connectivity index is 1.62. The maximum atomic E-state index is 12.7. The Kier molecular flexibility index (Phi) is 7.07. The van der Waals surface area contributed by atoms with Crippen LogP contribution >= 0.6 is 11.6 Å². The Morgan fingerprint density at radius 2 is 1.78 bits per heavy atom. The smallest absolute Gasteiger partial charge is 0.279 e. The van der Waals surface area contributed by atoms with Crippen LogP contribution in [0.3, 0.4) is 0 Å². The maximum absolute atomic E-state index is 12.7. The van der Waals surface area contributed by atoms with Crippen molar-refractivity contribution in [1.82, 2.24) is 15.4 Å². The molecule has 0 spiro atoms. The predicted molar refractivity (Wildman–Crippen MR) is 129 cm³/mol. The van der Waals surface area contributed by atoms with Gasteiger partial charge >= 0.3 is 0 Å². The molecule has 7 heteroatoms. The third-order valence-corrected chi connectivity index (χ3v) is 5.20. The van der Waals surface area contributed by atoms with Gasteiger partial charge in [0.25, 0.3) is 5.91 Å². The first-order valence-corrected chi connectivity index (χ1v) is 10.6. The average molecular weight is 444 g/mol. The molecule has 6 nitrogen and oxygen atoms in total. The number of hydrazine groups is 1. The number of carbonyl (C=O) groups is 1. The Bertz CT molecular complexity index is 1190. The third-order valence-electron chi connectivity index (χ3n) is 4.87. The molecule has 1 amide bonds. The zero-order valence-corrected chi connectivity index (χ0v) is 18.0. The van der Waals surface area contributed by atoms with Gasteiger partial charge in [-0.25, -0.2) is 10.4 Å². The fraction of sp³-hybridized carbons (Fsp3) is 0.0800. The molecule has 32 heavy (non-hydrogen) atoms. The van der Waals surface area contributed by atoms with E-state index in [1.807, 2.05) is 54.6 Å². The highest BCUT2D eigenvalue weighted by Gasteiger charge is 2.13. The normalized spacial score (nSPS) is 11.0. The number of hydrogen-bond donors (Lipinski definition) is 2. The Labute approximate surface area is 191 Å². The largest absolute Gasteiger partial charge is 0.348 e. The molecule has 4 rings (SSSR count). The highest BCUT2D eigenvalue weighted by atomic mass is 35.5. The van der Waals surface area contributed by atoms with Gasteiger partial charge in [-0.1, -0.05) is 72.3 Å². The summed E-state index contributed by atoms with van der Waals surface area (Å²) in [6, 6.07) is 24.9. The number of rotatable bonds is 8. The van der Waals surface area contributed by atoms with Crippen LogP contribution in [0, 0.1) is 0 Å². The highest BCUT2D eigenvalue weighted by molar-refractivity contribution is 6.34. The molecule has 0 aliphatic rings. The topological polar surface area (TPSA) is 73.4 Å². The van der Waals surface area contributed by atoms with Crippen molar-refractivity contribution in [3.8, 4) is 11.1 Å². The van der Waals surface area contributed by atoms with Gasteiger partial charge in [0, 0.05) is 30.4 Å². The molecule has 160 valence electrons. The second kappa shape index (κ2) is 10.5. The molecule has 0 fully saturated rings. The quantitative estimate of drug-likeness (QED) is 0.224. The summed E-state index contributed by atoms with van der Waals surface area (Å²) in [6.45, 7) is 0.609. The lowest BCUT2D eigenvalue weighted by molar-refractivity contribution is 0.100. The molecule has 0 radical (unpaired) electrons. The molecule has 1 heterocycles. The number of hydrogen-bond acceptors (Lipinski definition) is 3. The number of nitrogens with zero attached hydrogens (tertiary/aromatic N) is 3. The van der Waals surface area contributed by atoms with E-state index in [-0.39, 0.29) is 0 Å². The summed E-state index contributed by atoms with van der Waals surface area (Å²) in [5.41, 5.74) is 7.68. The second-order valence-electron chi connectivity index (χ2n) is 7.02. The molecule has 2 N–H and O–H groups in total. The zero-order valence-electron chi connectivity index (χ0n) is 17.3. The number of halogens is 1. The molecule has 0 bridgehead atoms. The second-order valence-corrected chi connectivity index (χ2v) is 7.42. The average Bonchev–Trinajstić information content (AvgIpc) is 3.35. The standard InChI is InChI=1S/C25H22ClN5O/c26-23-12-6-4-11-22(23)25(32)29-18-31(30-15-14-20-16-27-17-28-20)24-13-7-5-10-21(24)19-8-2-1-3-9-19/h1-13,16-18,30H,14-15H2,(H,27,28). The number of H-pyrrole nitrogens is 1. The summed E-state index contributed by atoms with van der Waals surface area (Å²) in [6.07, 6.45) is 5.68. The van der Waals surface area contributed by atoms with Crippen LogP contribution in [0.2, 0.25) is 5.02 Å². The number of aliphatic imine (C=N–C) groups is 1. The Hall–Kier alpha value is -3.74. The van der Waals surface area contributed by atoms with Crippen molar-refractivity contribution >= 4 is 29.5 Å². The number of nitrogens with one attached hydrogen (secondary N) is 2. The van der Waals surface area contributed by atoms with E-state index in [2.05, 4.69) is 20.4 Å². The van der Waals surface area contributed by atoms with Crippen molar-refractivity contribution in [3.05, 3.63) is 108 Å². The Morgan fingerprint density at radius 1 is 1.03 bits per heavy atom. The van der Waals surface area contributed by atoms with Crippen molar-refractivity contribution in [2.45, 2.75) is 6.42 Å². The minimum Gasteiger partial charge on any atom is -0.348 e. The van der Waals surface area contributed by atoms with Crippen LogP contribution < -0.4 is 10.4 Å². The number of benzene rings is 3. The number of carbonyl (C=O) groups excluding carboxylic acids is 1. The van der Waals surface area contributed by atoms with E-state index < -0.39 is 5.91 Å². The van der Waals surface area contributed by atoms with E-state index in [0.717, 1.165) is 28.9 Å². The van der Waals surface area contributed by atoms with E-state index in [4.69, 9.17) is 11.6 Å². The molecule has 0 aliphatic carbocycles. The van der Waals surface area contributed by atoms with Gasteiger partial charge < -0.3 is 4.98 Å². The van der Waals surface area contributed by atoms with Crippen LogP contribution in [0.5, 0.6) is 0 Å². The van der Waals surface area contributed by atoms with E-state index in [9.17, 15) is 4.79 Å². The lowest BCUT2D eigenvalue weighted by Gasteiger charge is -2.23. The molecular weight excluding hydrogens is 422 g/mol. The molecule has 0 unspecified atom stereocenters. The SMILES string of the molecule is O=C(N=CN(NCCc1cnc[nH]1)c1ccccc1-c1ccccc1)c1ccccc1Cl. The summed E-state index contributed by atoms with van der Waals surface area (Å²) >= 11 is 6.16. The van der Waals surface area contributed by atoms with Crippen LogP contribution in [-0.4, -0.2) is 28.8 Å². The monoisotopic (exact) mass is 443 g/mol. The Morgan fingerprint density at radius 3 is 2.56 bits per heavy atom. The van der Waals surface area contributed by atoms with Gasteiger partial charge in [0.05, 0.1) is 22.6 Å². The van der Waals surface area contributed by atoms with Crippen LogP contribution in [-0.2, 0) is 6.42 Å². The maximum Gasteiger partial charge on any atom is 0.279 e. The van der Waals surface area contributed by atoms with E-state index >= 15 is 0 Å². The van der Waals surface area contributed by atoms with Gasteiger partial charge in [-0.05, 0) is 23.8 Å². The zero-order chi connectivity index (χ0) is 22.2. The molecule has 3 aromatic carbocycles. The molecule has 0 aliphatic heterocycles. The summed E-state index contributed by atoms with van der Waals surface area (Å²) in [5.74, 6) is -0.409. The van der Waals surface area contributed by atoms with Gasteiger partial charge in [-0.15, -0.1) is 0 Å². The molecule has 0 atom stereocenters. The fourth-order valence-corrected chi connectivity index (χ4v) is 3.50. The van der Waals surface area contributed by atoms with Crippen LogP contribution in [0.25, 0.3) is 11.1 Å². The van der Waals surface area contributed by atoms with Crippen LogP contribution in [0.1, 0.15) is 16.1 Å². The van der Waals surface area contributed by atoms with E-state index in [1.165, 1.54) is 6.34 Å². The highest BCUT2D eigenvalue weighted by Crippen LogP contribution is 2.29. The molecular formula is C25H22ClN5O. The first kappa shape index (κ1) is 21.5. The summed E-state index contributed by atoms with van der Waals surface area (Å²) in [7, 11) is 0. The number of anilines is 1. The fourth-order valence-electron chi connectivity index (χ4n) is 3.28. The number of aromatic amines is 1. The molecule has 4 aromatic rings. The number of amides is 1. The number of para-hydroxylation sites is 1. The van der Waals surface area contributed by atoms with Crippen molar-refractivity contribution in [1.29, 1.82) is 0 Å². The van der Waals surface area contributed by atoms with Gasteiger partial charge in [-0.3, -0.25) is 9.80 Å². The molecule has 1 aromatic heterocycles. The van der Waals surface area contributed by atoms with Crippen molar-refractivity contribution < 1.29 is 4.79 Å². The number of aromatic nitrogens is 2. The van der Waals surface area contributed by atoms with Gasteiger partial charge in [0.15, 0.2) is 0 Å². The van der Waals surface area contributed by atoms with Crippen LogP contribution in [0.15, 0.2) is 96.4 Å². The summed E-state index contributed by atoms with van der Waals surface area (Å²) in [4.78, 5) is 24.0. The van der Waals surface area contributed by atoms with Crippen molar-refractivity contribution in [2.75, 3.05) is 11.6 Å². The van der Waals surface area contributed by atoms with Crippen molar-refractivity contribution in [3.63, 3.8) is 0 Å². The van der Waals surface area contributed by atoms with Gasteiger partial charge in [0.2, 0.25) is 0 Å². The first-order valence-electron chi connectivity index (χ1n) is 10.2. The van der Waals surface area contributed by atoms with Crippen LogP contribution in [0.4, 0.5) is 5.69 Å². The van der Waals surface area contributed by atoms with E-state index in [1.54, 1.807) is 41.8 Å². The summed E-state index contributed by atoms with van der Waals surface area (Å²) < 4.78 is 0. The predicted octanol–water partition coefficient (Wildman–Crippen LogP) is 5.15. The lowest BCUT2D eigenvalue weighted by atomic mass is 10.0. The minimum absolute atomic E-state index is 0.360. The molecule has 0 saturated carbocycles. The number of imidazole rings is 1. The van der Waals surface area contributed by atoms with Gasteiger partial charge in [-0.2, -0.15) is 4.99 Å².